The Morgan fingerprint density at radius 1 is 1.77 bits per heavy atom. The summed E-state index contributed by atoms with van der Waals surface area (Å²) in [7, 11) is 0. The van der Waals surface area contributed by atoms with Gasteiger partial charge in [0.05, 0.1) is 10.6 Å². The monoisotopic (exact) mass is 197 g/mol. The predicted molar refractivity (Wildman–Crippen MR) is 53.8 cm³/mol. The molecule has 0 aromatic carbocycles. The van der Waals surface area contributed by atoms with Crippen LogP contribution >= 0.6 is 11.3 Å². The lowest BCUT2D eigenvalue weighted by Crippen LogP contribution is -2.33. The average molecular weight is 197 g/mol. The molecule has 1 aromatic rings. The van der Waals surface area contributed by atoms with Crippen molar-refractivity contribution in [1.29, 1.82) is 0 Å². The van der Waals surface area contributed by atoms with Crippen LogP contribution in [0, 0.1) is 5.92 Å². The Morgan fingerprint density at radius 2 is 2.62 bits per heavy atom. The van der Waals surface area contributed by atoms with Crippen LogP contribution in [0.4, 0.5) is 0 Å². The maximum absolute atomic E-state index is 10.3. The van der Waals surface area contributed by atoms with E-state index in [0.29, 0.717) is 5.92 Å². The van der Waals surface area contributed by atoms with Crippen molar-refractivity contribution in [2.24, 2.45) is 5.92 Å². The minimum atomic E-state index is -0.474. The van der Waals surface area contributed by atoms with Crippen molar-refractivity contribution in [1.82, 2.24) is 4.98 Å². The first-order valence-electron chi connectivity index (χ1n) is 4.81. The first-order valence-corrected chi connectivity index (χ1v) is 5.69. The lowest BCUT2D eigenvalue weighted by atomic mass is 9.89. The van der Waals surface area contributed by atoms with Crippen molar-refractivity contribution in [3.63, 3.8) is 0 Å². The quantitative estimate of drug-likeness (QED) is 0.788. The van der Waals surface area contributed by atoms with Crippen LogP contribution in [-0.2, 0) is 6.42 Å². The maximum atomic E-state index is 10.3. The molecule has 2 unspecified atom stereocenters. The molecule has 1 heterocycles. The Labute approximate surface area is 82.6 Å². The molecule has 2 nitrogen and oxygen atoms in total. The number of aromatic nitrogens is 1. The van der Waals surface area contributed by atoms with E-state index < -0.39 is 5.60 Å². The highest BCUT2D eigenvalue weighted by molar-refractivity contribution is 7.09. The molecular formula is C10H15NOS. The Hall–Kier alpha value is -0.410. The fraction of sp³-hybridized carbons (Fsp3) is 0.700. The third-order valence-corrected chi connectivity index (χ3v) is 3.88. The number of nitrogens with zero attached hydrogens (tertiary/aromatic N) is 1. The van der Waals surface area contributed by atoms with Gasteiger partial charge in [-0.2, -0.15) is 0 Å². The van der Waals surface area contributed by atoms with E-state index in [-0.39, 0.29) is 0 Å². The van der Waals surface area contributed by atoms with E-state index in [4.69, 9.17) is 0 Å². The second-order valence-electron chi connectivity index (χ2n) is 4.00. The number of rotatable bonds is 2. The van der Waals surface area contributed by atoms with Crippen molar-refractivity contribution in [3.05, 3.63) is 16.6 Å². The van der Waals surface area contributed by atoms with Gasteiger partial charge in [-0.3, -0.25) is 0 Å². The standard InChI is InChI=1S/C10H15NOS/c1-8-3-2-4-10(8,12)7-9-11-5-6-13-9/h5-6,8,12H,2-4,7H2,1H3. The highest BCUT2D eigenvalue weighted by atomic mass is 32.1. The van der Waals surface area contributed by atoms with E-state index in [1.165, 1.54) is 0 Å². The topological polar surface area (TPSA) is 33.1 Å². The van der Waals surface area contributed by atoms with Crippen LogP contribution in [0.3, 0.4) is 0 Å². The zero-order valence-corrected chi connectivity index (χ0v) is 8.68. The van der Waals surface area contributed by atoms with E-state index in [1.807, 2.05) is 11.6 Å². The van der Waals surface area contributed by atoms with Crippen molar-refractivity contribution >= 4 is 11.3 Å². The van der Waals surface area contributed by atoms with Crippen molar-refractivity contribution < 1.29 is 5.11 Å². The van der Waals surface area contributed by atoms with Crippen LogP contribution in [0.2, 0.25) is 0 Å². The van der Waals surface area contributed by atoms with Crippen LogP contribution in [0.1, 0.15) is 31.2 Å². The van der Waals surface area contributed by atoms with Crippen LogP contribution in [0.15, 0.2) is 11.6 Å². The molecule has 1 saturated carbocycles. The summed E-state index contributed by atoms with van der Waals surface area (Å²) in [6.45, 7) is 2.14. The third kappa shape index (κ3) is 1.76. The summed E-state index contributed by atoms with van der Waals surface area (Å²) in [5, 5.41) is 13.3. The minimum absolute atomic E-state index is 0.427. The summed E-state index contributed by atoms with van der Waals surface area (Å²) < 4.78 is 0. The first-order chi connectivity index (χ1) is 6.21. The van der Waals surface area contributed by atoms with E-state index in [9.17, 15) is 5.11 Å². The highest BCUT2D eigenvalue weighted by Gasteiger charge is 2.38. The molecule has 1 N–H and O–H groups in total. The zero-order chi connectivity index (χ0) is 9.31. The highest BCUT2D eigenvalue weighted by Crippen LogP contribution is 2.37. The SMILES string of the molecule is CC1CCCC1(O)Cc1nccs1. The van der Waals surface area contributed by atoms with Gasteiger partial charge in [0, 0.05) is 18.0 Å². The number of thiazole rings is 1. The predicted octanol–water partition coefficient (Wildman–Crippen LogP) is 2.24. The molecule has 1 fully saturated rings. The maximum Gasteiger partial charge on any atom is 0.0953 e. The lowest BCUT2D eigenvalue weighted by Gasteiger charge is -2.26. The molecule has 1 aromatic heterocycles. The van der Waals surface area contributed by atoms with E-state index in [2.05, 4.69) is 11.9 Å². The summed E-state index contributed by atoms with van der Waals surface area (Å²) in [6, 6.07) is 0. The van der Waals surface area contributed by atoms with Gasteiger partial charge in [-0.1, -0.05) is 13.3 Å². The molecule has 0 aliphatic heterocycles. The molecular weight excluding hydrogens is 182 g/mol. The van der Waals surface area contributed by atoms with E-state index in [1.54, 1.807) is 11.3 Å². The van der Waals surface area contributed by atoms with Gasteiger partial charge in [-0.05, 0) is 18.8 Å². The van der Waals surface area contributed by atoms with Crippen molar-refractivity contribution in [3.8, 4) is 0 Å². The largest absolute Gasteiger partial charge is 0.389 e. The normalized spacial score (nSPS) is 33.8. The van der Waals surface area contributed by atoms with Gasteiger partial charge in [0.25, 0.3) is 0 Å². The Morgan fingerprint density at radius 3 is 3.15 bits per heavy atom. The van der Waals surface area contributed by atoms with E-state index in [0.717, 1.165) is 30.7 Å². The van der Waals surface area contributed by atoms with Crippen molar-refractivity contribution in [2.45, 2.75) is 38.2 Å². The van der Waals surface area contributed by atoms with Crippen LogP contribution in [0.25, 0.3) is 0 Å². The molecule has 2 atom stereocenters. The fourth-order valence-electron chi connectivity index (χ4n) is 2.09. The smallest absolute Gasteiger partial charge is 0.0953 e. The molecule has 0 bridgehead atoms. The Balaban J connectivity index is 2.08. The summed E-state index contributed by atoms with van der Waals surface area (Å²) in [4.78, 5) is 4.22. The summed E-state index contributed by atoms with van der Waals surface area (Å²) in [6.07, 6.45) is 5.80. The Kier molecular flexibility index (Phi) is 2.39. The first kappa shape index (κ1) is 9.16. The van der Waals surface area contributed by atoms with Gasteiger partial charge >= 0.3 is 0 Å². The van der Waals surface area contributed by atoms with Crippen molar-refractivity contribution in [2.75, 3.05) is 0 Å². The molecule has 13 heavy (non-hydrogen) atoms. The van der Waals surface area contributed by atoms with Gasteiger partial charge in [-0.15, -0.1) is 11.3 Å². The molecule has 0 saturated heterocycles. The summed E-state index contributed by atoms with van der Waals surface area (Å²) in [5.74, 6) is 0.427. The average Bonchev–Trinajstić information content (AvgIpc) is 2.65. The number of hydrogen-bond donors (Lipinski definition) is 1. The number of aliphatic hydroxyl groups is 1. The molecule has 0 radical (unpaired) electrons. The van der Waals surface area contributed by atoms with Crippen LogP contribution in [0.5, 0.6) is 0 Å². The summed E-state index contributed by atoms with van der Waals surface area (Å²) in [5.41, 5.74) is -0.474. The molecule has 0 spiro atoms. The van der Waals surface area contributed by atoms with Crippen LogP contribution in [-0.4, -0.2) is 15.7 Å². The molecule has 1 aliphatic rings. The zero-order valence-electron chi connectivity index (χ0n) is 7.86. The van der Waals surface area contributed by atoms with Crippen LogP contribution < -0.4 is 0 Å². The molecule has 0 amide bonds. The second-order valence-corrected chi connectivity index (χ2v) is 4.98. The molecule has 3 heteroatoms. The minimum Gasteiger partial charge on any atom is -0.389 e. The van der Waals surface area contributed by atoms with Gasteiger partial charge in [0.1, 0.15) is 0 Å². The molecule has 1 aliphatic carbocycles. The number of hydrogen-bond acceptors (Lipinski definition) is 3. The molecule has 2 rings (SSSR count). The second kappa shape index (κ2) is 3.39. The van der Waals surface area contributed by atoms with Gasteiger partial charge in [0.15, 0.2) is 0 Å². The third-order valence-electron chi connectivity index (χ3n) is 3.10. The van der Waals surface area contributed by atoms with E-state index >= 15 is 0 Å². The van der Waals surface area contributed by atoms with Gasteiger partial charge in [0.2, 0.25) is 0 Å². The molecule has 72 valence electrons. The lowest BCUT2D eigenvalue weighted by molar-refractivity contribution is 0.00956. The fourth-order valence-corrected chi connectivity index (χ4v) is 2.83. The summed E-state index contributed by atoms with van der Waals surface area (Å²) >= 11 is 1.64. The van der Waals surface area contributed by atoms with Gasteiger partial charge < -0.3 is 5.11 Å². The Bertz CT molecular complexity index is 272. The van der Waals surface area contributed by atoms with Gasteiger partial charge in [-0.25, -0.2) is 4.98 Å².